The summed E-state index contributed by atoms with van der Waals surface area (Å²) in [6.07, 6.45) is 1.65. The molecule has 4 N–H and O–H groups in total. The fraction of sp³-hybridized carbons (Fsp3) is 0.167. The third-order valence-electron chi connectivity index (χ3n) is 4.14. The predicted octanol–water partition coefficient (Wildman–Crippen LogP) is 3.88. The van der Waals surface area contributed by atoms with Crippen molar-refractivity contribution in [1.82, 2.24) is 14.5 Å². The summed E-state index contributed by atoms with van der Waals surface area (Å²) in [6.45, 7) is 4.58. The van der Waals surface area contributed by atoms with Gasteiger partial charge in [-0.05, 0) is 60.2 Å². The number of carbonyl (C=O) groups excluding carboxylic acids is 1. The van der Waals surface area contributed by atoms with E-state index >= 15 is 0 Å². The van der Waals surface area contributed by atoms with Crippen molar-refractivity contribution in [1.29, 1.82) is 0 Å². The molecule has 0 radical (unpaired) electrons. The number of nitrogens with zero attached hydrogens (tertiary/aromatic N) is 3. The van der Waals surface area contributed by atoms with Crippen molar-refractivity contribution >= 4 is 46.0 Å². The van der Waals surface area contributed by atoms with Gasteiger partial charge in [-0.3, -0.25) is 4.79 Å². The molecular formula is C18H17ClIN5O. The van der Waals surface area contributed by atoms with Crippen LogP contribution in [0.1, 0.15) is 22.8 Å². The van der Waals surface area contributed by atoms with Gasteiger partial charge in [-0.1, -0.05) is 17.7 Å². The first-order valence-electron chi connectivity index (χ1n) is 7.91. The molecule has 2 heterocycles. The second kappa shape index (κ2) is 7.24. The summed E-state index contributed by atoms with van der Waals surface area (Å²) in [5.41, 5.74) is 15.9. The number of aromatic nitrogens is 3. The first kappa shape index (κ1) is 18.7. The molecule has 3 aromatic rings. The first-order chi connectivity index (χ1) is 12.3. The molecule has 0 fully saturated rings. The Bertz CT molecular complexity index is 1020. The Kier molecular flexibility index (Phi) is 5.19. The summed E-state index contributed by atoms with van der Waals surface area (Å²) in [7, 11) is 0. The molecule has 0 saturated heterocycles. The number of aryl methyl sites for hydroxylation is 1. The third kappa shape index (κ3) is 3.28. The molecule has 0 bridgehead atoms. The molecule has 0 aliphatic rings. The van der Waals surface area contributed by atoms with Gasteiger partial charge in [0.2, 0.25) is 5.95 Å². The number of anilines is 1. The minimum atomic E-state index is -0.509. The highest BCUT2D eigenvalue weighted by Crippen LogP contribution is 2.36. The molecule has 26 heavy (non-hydrogen) atoms. The minimum Gasteiger partial charge on any atom is -0.368 e. The number of hydrogen-bond acceptors (Lipinski definition) is 4. The SMILES string of the molecule is CCn1c(-c2nc(N)ncc2I)cc(C(N)=O)c1-c1cc(Cl)ccc1C. The lowest BCUT2D eigenvalue weighted by atomic mass is 10.0. The van der Waals surface area contributed by atoms with Crippen molar-refractivity contribution in [2.75, 3.05) is 5.73 Å². The highest BCUT2D eigenvalue weighted by Gasteiger charge is 2.23. The Morgan fingerprint density at radius 3 is 2.73 bits per heavy atom. The highest BCUT2D eigenvalue weighted by atomic mass is 127. The Hall–Kier alpha value is -2.13. The van der Waals surface area contributed by atoms with Gasteiger partial charge >= 0.3 is 0 Å². The summed E-state index contributed by atoms with van der Waals surface area (Å²) in [4.78, 5) is 20.5. The fourth-order valence-electron chi connectivity index (χ4n) is 2.96. The van der Waals surface area contributed by atoms with E-state index in [-0.39, 0.29) is 5.95 Å². The van der Waals surface area contributed by atoms with Crippen LogP contribution >= 0.6 is 34.2 Å². The number of amides is 1. The zero-order chi connectivity index (χ0) is 19.0. The maximum absolute atomic E-state index is 12.2. The molecule has 0 atom stereocenters. The van der Waals surface area contributed by atoms with E-state index in [2.05, 4.69) is 32.6 Å². The number of nitrogens with two attached hydrogens (primary N) is 2. The van der Waals surface area contributed by atoms with Gasteiger partial charge in [0.1, 0.15) is 5.69 Å². The lowest BCUT2D eigenvalue weighted by Gasteiger charge is -2.15. The molecule has 1 amide bonds. The standard InChI is InChI=1S/C18H17ClIN5O/c1-3-25-14(15-13(20)8-23-18(22)24-15)7-12(17(21)26)16(25)11-6-10(19)5-4-9(11)2/h4-8H,3H2,1-2H3,(H2,21,26)(H2,22,23,24). The van der Waals surface area contributed by atoms with Crippen molar-refractivity contribution in [3.8, 4) is 22.6 Å². The normalized spacial score (nSPS) is 10.9. The van der Waals surface area contributed by atoms with Crippen LogP contribution in [0.25, 0.3) is 22.6 Å². The third-order valence-corrected chi connectivity index (χ3v) is 5.16. The van der Waals surface area contributed by atoms with Gasteiger partial charge in [0.25, 0.3) is 5.91 Å². The van der Waals surface area contributed by atoms with Gasteiger partial charge < -0.3 is 16.0 Å². The number of nitrogen functional groups attached to an aromatic ring is 1. The molecule has 2 aromatic heterocycles. The lowest BCUT2D eigenvalue weighted by molar-refractivity contribution is 0.100. The molecule has 8 heteroatoms. The Labute approximate surface area is 169 Å². The molecule has 134 valence electrons. The monoisotopic (exact) mass is 481 g/mol. The van der Waals surface area contributed by atoms with Crippen LogP contribution in [-0.2, 0) is 6.54 Å². The van der Waals surface area contributed by atoms with E-state index in [1.165, 1.54) is 0 Å². The second-order valence-electron chi connectivity index (χ2n) is 5.78. The van der Waals surface area contributed by atoms with Gasteiger partial charge in [-0.25, -0.2) is 9.97 Å². The first-order valence-corrected chi connectivity index (χ1v) is 9.37. The smallest absolute Gasteiger partial charge is 0.250 e. The van der Waals surface area contributed by atoms with Crippen LogP contribution in [0.5, 0.6) is 0 Å². The van der Waals surface area contributed by atoms with E-state index in [0.717, 1.165) is 26.1 Å². The average Bonchev–Trinajstić information content (AvgIpc) is 2.98. The van der Waals surface area contributed by atoms with Crippen molar-refractivity contribution in [3.63, 3.8) is 0 Å². The Morgan fingerprint density at radius 2 is 2.08 bits per heavy atom. The van der Waals surface area contributed by atoms with Gasteiger partial charge in [-0.15, -0.1) is 0 Å². The van der Waals surface area contributed by atoms with Crippen LogP contribution in [-0.4, -0.2) is 20.4 Å². The molecule has 0 aliphatic carbocycles. The molecule has 0 saturated carbocycles. The number of hydrogen-bond donors (Lipinski definition) is 2. The van der Waals surface area contributed by atoms with Crippen molar-refractivity contribution < 1.29 is 4.79 Å². The zero-order valence-corrected chi connectivity index (χ0v) is 17.2. The number of halogens is 2. The number of primary amides is 1. The predicted molar refractivity (Wildman–Crippen MR) is 112 cm³/mol. The van der Waals surface area contributed by atoms with E-state index < -0.39 is 5.91 Å². The topological polar surface area (TPSA) is 99.8 Å². The van der Waals surface area contributed by atoms with Crippen LogP contribution in [0.2, 0.25) is 5.02 Å². The van der Waals surface area contributed by atoms with Gasteiger partial charge in [0.15, 0.2) is 0 Å². The summed E-state index contributed by atoms with van der Waals surface area (Å²) < 4.78 is 2.83. The van der Waals surface area contributed by atoms with E-state index in [1.807, 2.05) is 36.6 Å². The number of benzene rings is 1. The summed E-state index contributed by atoms with van der Waals surface area (Å²) in [5.74, 6) is -0.338. The summed E-state index contributed by atoms with van der Waals surface area (Å²) in [5, 5.41) is 0.590. The van der Waals surface area contributed by atoms with Crippen LogP contribution in [0, 0.1) is 10.5 Å². The Morgan fingerprint density at radius 1 is 1.35 bits per heavy atom. The molecule has 0 unspecified atom stereocenters. The summed E-state index contributed by atoms with van der Waals surface area (Å²) in [6, 6.07) is 7.33. The largest absolute Gasteiger partial charge is 0.368 e. The van der Waals surface area contributed by atoms with E-state index in [9.17, 15) is 4.79 Å². The van der Waals surface area contributed by atoms with E-state index in [4.69, 9.17) is 23.1 Å². The van der Waals surface area contributed by atoms with Crippen LogP contribution < -0.4 is 11.5 Å². The molecule has 3 rings (SSSR count). The van der Waals surface area contributed by atoms with Crippen molar-refractivity contribution in [3.05, 3.63) is 50.2 Å². The fourth-order valence-corrected chi connectivity index (χ4v) is 3.67. The van der Waals surface area contributed by atoms with Crippen molar-refractivity contribution in [2.45, 2.75) is 20.4 Å². The zero-order valence-electron chi connectivity index (χ0n) is 14.3. The van der Waals surface area contributed by atoms with Crippen LogP contribution in [0.4, 0.5) is 5.95 Å². The maximum atomic E-state index is 12.2. The second-order valence-corrected chi connectivity index (χ2v) is 7.38. The van der Waals surface area contributed by atoms with E-state index in [1.54, 1.807) is 12.3 Å². The van der Waals surface area contributed by atoms with Gasteiger partial charge in [-0.2, -0.15) is 0 Å². The molecule has 6 nitrogen and oxygen atoms in total. The Balaban J connectivity index is 2.38. The molecular weight excluding hydrogens is 465 g/mol. The molecule has 0 spiro atoms. The van der Waals surface area contributed by atoms with Crippen molar-refractivity contribution in [2.24, 2.45) is 5.73 Å². The maximum Gasteiger partial charge on any atom is 0.250 e. The van der Waals surface area contributed by atoms with E-state index in [0.29, 0.717) is 22.8 Å². The van der Waals surface area contributed by atoms with Crippen LogP contribution in [0.3, 0.4) is 0 Å². The molecule has 0 aliphatic heterocycles. The average molecular weight is 482 g/mol. The van der Waals surface area contributed by atoms with Crippen LogP contribution in [0.15, 0.2) is 30.5 Å². The van der Waals surface area contributed by atoms with Gasteiger partial charge in [0, 0.05) is 23.3 Å². The highest BCUT2D eigenvalue weighted by molar-refractivity contribution is 14.1. The quantitative estimate of drug-likeness (QED) is 0.552. The lowest BCUT2D eigenvalue weighted by Crippen LogP contribution is -2.12. The van der Waals surface area contributed by atoms with Gasteiger partial charge in [0.05, 0.1) is 20.5 Å². The minimum absolute atomic E-state index is 0.172. The molecule has 1 aromatic carbocycles. The summed E-state index contributed by atoms with van der Waals surface area (Å²) >= 11 is 8.35. The number of carbonyl (C=O) groups is 1. The number of rotatable bonds is 4.